The molecule has 0 aliphatic heterocycles. The minimum atomic E-state index is -0.230. The standard InChI is InChI=1S/C15H20FN3/c1-2-10-4-3-5-12(8-10)17-15-18-13-7-6-11(16)9-14(13)19-15/h6-7,9-10,12H,2-5,8H2,1H3,(H2,17,18,19). The summed E-state index contributed by atoms with van der Waals surface area (Å²) in [7, 11) is 0. The SMILES string of the molecule is CCC1CCCC(Nc2nc3ccc(F)cc3[nH]2)C1. The molecule has 1 fully saturated rings. The summed E-state index contributed by atoms with van der Waals surface area (Å²) in [5, 5.41) is 3.46. The van der Waals surface area contributed by atoms with Crippen LogP contribution in [0.25, 0.3) is 11.0 Å². The number of halogens is 1. The van der Waals surface area contributed by atoms with E-state index in [-0.39, 0.29) is 5.82 Å². The number of rotatable bonds is 3. The number of benzene rings is 1. The van der Waals surface area contributed by atoms with E-state index in [2.05, 4.69) is 22.2 Å². The maximum Gasteiger partial charge on any atom is 0.201 e. The van der Waals surface area contributed by atoms with Gasteiger partial charge in [-0.25, -0.2) is 9.37 Å². The Hall–Kier alpha value is -1.58. The van der Waals surface area contributed by atoms with Gasteiger partial charge in [0, 0.05) is 6.04 Å². The number of hydrogen-bond donors (Lipinski definition) is 2. The molecule has 0 bridgehead atoms. The Kier molecular flexibility index (Phi) is 3.40. The van der Waals surface area contributed by atoms with E-state index in [9.17, 15) is 4.39 Å². The van der Waals surface area contributed by atoms with Crippen molar-refractivity contribution < 1.29 is 4.39 Å². The number of imidazole rings is 1. The molecule has 1 heterocycles. The monoisotopic (exact) mass is 261 g/mol. The fourth-order valence-corrected chi connectivity index (χ4v) is 3.04. The van der Waals surface area contributed by atoms with Crippen molar-refractivity contribution in [1.29, 1.82) is 0 Å². The summed E-state index contributed by atoms with van der Waals surface area (Å²) in [6.07, 6.45) is 6.29. The first-order valence-corrected chi connectivity index (χ1v) is 7.16. The third kappa shape index (κ3) is 2.72. The molecule has 19 heavy (non-hydrogen) atoms. The maximum atomic E-state index is 13.1. The lowest BCUT2D eigenvalue weighted by Crippen LogP contribution is -2.27. The molecule has 2 N–H and O–H groups in total. The van der Waals surface area contributed by atoms with Crippen molar-refractivity contribution in [3.8, 4) is 0 Å². The van der Waals surface area contributed by atoms with Crippen molar-refractivity contribution in [3.05, 3.63) is 24.0 Å². The molecule has 1 aliphatic carbocycles. The van der Waals surface area contributed by atoms with Crippen molar-refractivity contribution in [2.24, 2.45) is 5.92 Å². The van der Waals surface area contributed by atoms with Crippen molar-refractivity contribution in [3.63, 3.8) is 0 Å². The average Bonchev–Trinajstić information content (AvgIpc) is 2.80. The van der Waals surface area contributed by atoms with Crippen LogP contribution in [-0.4, -0.2) is 16.0 Å². The first-order valence-electron chi connectivity index (χ1n) is 7.16. The molecule has 0 spiro atoms. The van der Waals surface area contributed by atoms with E-state index < -0.39 is 0 Å². The van der Waals surface area contributed by atoms with Gasteiger partial charge in [-0.15, -0.1) is 0 Å². The number of nitrogens with one attached hydrogen (secondary N) is 2. The highest BCUT2D eigenvalue weighted by atomic mass is 19.1. The van der Waals surface area contributed by atoms with Gasteiger partial charge < -0.3 is 10.3 Å². The summed E-state index contributed by atoms with van der Waals surface area (Å²) in [6, 6.07) is 5.13. The van der Waals surface area contributed by atoms with E-state index in [1.54, 1.807) is 6.07 Å². The van der Waals surface area contributed by atoms with E-state index >= 15 is 0 Å². The average molecular weight is 261 g/mol. The fraction of sp³-hybridized carbons (Fsp3) is 0.533. The Bertz CT molecular complexity index is 564. The number of anilines is 1. The molecule has 102 valence electrons. The van der Waals surface area contributed by atoms with E-state index in [1.807, 2.05) is 0 Å². The normalized spacial score (nSPS) is 23.7. The zero-order valence-electron chi connectivity index (χ0n) is 11.2. The van der Waals surface area contributed by atoms with Gasteiger partial charge in [0.1, 0.15) is 5.82 Å². The fourth-order valence-electron chi connectivity index (χ4n) is 3.04. The van der Waals surface area contributed by atoms with Crippen molar-refractivity contribution in [2.75, 3.05) is 5.32 Å². The Labute approximate surface area is 112 Å². The van der Waals surface area contributed by atoms with Gasteiger partial charge in [0.15, 0.2) is 0 Å². The van der Waals surface area contributed by atoms with Crippen LogP contribution in [0.5, 0.6) is 0 Å². The summed E-state index contributed by atoms with van der Waals surface area (Å²) in [6.45, 7) is 2.26. The quantitative estimate of drug-likeness (QED) is 0.874. The van der Waals surface area contributed by atoms with E-state index in [0.717, 1.165) is 22.9 Å². The van der Waals surface area contributed by atoms with Gasteiger partial charge in [0.05, 0.1) is 11.0 Å². The number of hydrogen-bond acceptors (Lipinski definition) is 2. The van der Waals surface area contributed by atoms with Gasteiger partial charge in [-0.2, -0.15) is 0 Å². The Morgan fingerprint density at radius 1 is 1.42 bits per heavy atom. The summed E-state index contributed by atoms with van der Waals surface area (Å²) < 4.78 is 13.1. The molecule has 1 saturated carbocycles. The summed E-state index contributed by atoms with van der Waals surface area (Å²) in [4.78, 5) is 7.62. The highest BCUT2D eigenvalue weighted by molar-refractivity contribution is 5.77. The zero-order chi connectivity index (χ0) is 13.2. The second kappa shape index (κ2) is 5.19. The molecule has 4 heteroatoms. The van der Waals surface area contributed by atoms with Crippen LogP contribution in [0, 0.1) is 11.7 Å². The van der Waals surface area contributed by atoms with Crippen molar-refractivity contribution >= 4 is 17.0 Å². The predicted octanol–water partition coefficient (Wildman–Crippen LogP) is 4.08. The largest absolute Gasteiger partial charge is 0.353 e. The first-order chi connectivity index (χ1) is 9.24. The lowest BCUT2D eigenvalue weighted by atomic mass is 9.84. The molecule has 2 atom stereocenters. The molecule has 1 aromatic carbocycles. The molecular weight excluding hydrogens is 241 g/mol. The molecule has 2 unspecified atom stereocenters. The Morgan fingerprint density at radius 2 is 2.32 bits per heavy atom. The molecule has 0 saturated heterocycles. The Morgan fingerprint density at radius 3 is 3.16 bits per heavy atom. The van der Waals surface area contributed by atoms with E-state index in [1.165, 1.54) is 44.2 Å². The lowest BCUT2D eigenvalue weighted by molar-refractivity contribution is 0.326. The smallest absolute Gasteiger partial charge is 0.201 e. The second-order valence-electron chi connectivity index (χ2n) is 5.53. The third-order valence-electron chi connectivity index (χ3n) is 4.14. The zero-order valence-corrected chi connectivity index (χ0v) is 11.2. The van der Waals surface area contributed by atoms with Crippen LogP contribution in [0.15, 0.2) is 18.2 Å². The number of H-pyrrole nitrogens is 1. The van der Waals surface area contributed by atoms with Gasteiger partial charge in [-0.3, -0.25) is 0 Å². The minimum absolute atomic E-state index is 0.230. The molecule has 1 aromatic heterocycles. The highest BCUT2D eigenvalue weighted by Crippen LogP contribution is 2.28. The van der Waals surface area contributed by atoms with E-state index in [4.69, 9.17) is 0 Å². The Balaban J connectivity index is 1.74. The molecule has 0 radical (unpaired) electrons. The van der Waals surface area contributed by atoms with Crippen LogP contribution in [0.1, 0.15) is 39.0 Å². The topological polar surface area (TPSA) is 40.7 Å². The molecule has 2 aromatic rings. The summed E-state index contributed by atoms with van der Waals surface area (Å²) in [5.41, 5.74) is 1.57. The highest BCUT2D eigenvalue weighted by Gasteiger charge is 2.21. The lowest BCUT2D eigenvalue weighted by Gasteiger charge is -2.28. The van der Waals surface area contributed by atoms with E-state index in [0.29, 0.717) is 6.04 Å². The van der Waals surface area contributed by atoms with Gasteiger partial charge in [-0.05, 0) is 37.0 Å². The van der Waals surface area contributed by atoms with Crippen LogP contribution in [-0.2, 0) is 0 Å². The first kappa shape index (κ1) is 12.5. The van der Waals surface area contributed by atoms with Crippen molar-refractivity contribution in [2.45, 2.75) is 45.1 Å². The summed E-state index contributed by atoms with van der Waals surface area (Å²) in [5.74, 6) is 1.36. The molecule has 3 nitrogen and oxygen atoms in total. The minimum Gasteiger partial charge on any atom is -0.353 e. The van der Waals surface area contributed by atoms with Crippen LogP contribution in [0.4, 0.5) is 10.3 Å². The number of fused-ring (bicyclic) bond motifs is 1. The van der Waals surface area contributed by atoms with Crippen LogP contribution in [0.2, 0.25) is 0 Å². The van der Waals surface area contributed by atoms with Gasteiger partial charge in [0.2, 0.25) is 5.95 Å². The van der Waals surface area contributed by atoms with Crippen molar-refractivity contribution in [1.82, 2.24) is 9.97 Å². The predicted molar refractivity (Wildman–Crippen MR) is 75.7 cm³/mol. The number of aromatic nitrogens is 2. The number of aromatic amines is 1. The number of nitrogens with zero attached hydrogens (tertiary/aromatic N) is 1. The molecule has 1 aliphatic rings. The van der Waals surface area contributed by atoms with Gasteiger partial charge in [0.25, 0.3) is 0 Å². The third-order valence-corrected chi connectivity index (χ3v) is 4.14. The summed E-state index contributed by atoms with van der Waals surface area (Å²) >= 11 is 0. The second-order valence-corrected chi connectivity index (χ2v) is 5.53. The van der Waals surface area contributed by atoms with Crippen LogP contribution in [0.3, 0.4) is 0 Å². The van der Waals surface area contributed by atoms with Gasteiger partial charge in [-0.1, -0.05) is 26.2 Å². The molecule has 0 amide bonds. The van der Waals surface area contributed by atoms with Crippen LogP contribution >= 0.6 is 0 Å². The van der Waals surface area contributed by atoms with Crippen LogP contribution < -0.4 is 5.32 Å². The molecular formula is C15H20FN3. The van der Waals surface area contributed by atoms with Gasteiger partial charge >= 0.3 is 0 Å². The maximum absolute atomic E-state index is 13.1. The molecule has 3 rings (SSSR count).